The quantitative estimate of drug-likeness (QED) is 0.292. The summed E-state index contributed by atoms with van der Waals surface area (Å²) in [4.78, 5) is 13.0. The van der Waals surface area contributed by atoms with E-state index in [1.807, 2.05) is 42.5 Å². The van der Waals surface area contributed by atoms with Gasteiger partial charge >= 0.3 is 0 Å². The van der Waals surface area contributed by atoms with Crippen molar-refractivity contribution in [3.63, 3.8) is 0 Å². The number of hydrogen-bond acceptors (Lipinski definition) is 5. The van der Waals surface area contributed by atoms with Gasteiger partial charge in [-0.1, -0.05) is 58.7 Å². The first-order valence-corrected chi connectivity index (χ1v) is 10.9. The molecule has 0 aliphatic carbocycles. The first-order chi connectivity index (χ1) is 15.9. The van der Waals surface area contributed by atoms with E-state index < -0.39 is 5.91 Å². The summed E-state index contributed by atoms with van der Waals surface area (Å²) >= 11 is 17.9. The number of aromatic nitrogens is 1. The zero-order chi connectivity index (χ0) is 23.4. The van der Waals surface area contributed by atoms with E-state index in [0.717, 1.165) is 0 Å². The first kappa shape index (κ1) is 22.8. The predicted octanol–water partition coefficient (Wildman–Crippen LogP) is 6.88. The van der Waals surface area contributed by atoms with Crippen molar-refractivity contribution in [1.29, 1.82) is 0 Å². The number of hydrogen-bond donors (Lipinski definition) is 2. The maximum atomic E-state index is 13.0. The third-order valence-electron chi connectivity index (χ3n) is 4.59. The van der Waals surface area contributed by atoms with E-state index >= 15 is 0 Å². The number of amides is 1. The largest absolute Gasteiger partial charge is 0.457 e. The second-order valence-electron chi connectivity index (χ2n) is 6.91. The van der Waals surface area contributed by atoms with Crippen LogP contribution in [-0.2, 0) is 0 Å². The van der Waals surface area contributed by atoms with Gasteiger partial charge in [-0.2, -0.15) is 0 Å². The number of para-hydroxylation sites is 1. The molecule has 4 aromatic rings. The Morgan fingerprint density at radius 2 is 1.64 bits per heavy atom. The number of benzene rings is 3. The van der Waals surface area contributed by atoms with Crippen LogP contribution >= 0.6 is 35.4 Å². The molecule has 4 rings (SSSR count). The third-order valence-corrected chi connectivity index (χ3v) is 5.42. The maximum Gasteiger partial charge on any atom is 0.263 e. The SMILES string of the molecule is Cc1onc(-c2c(Cl)cccc2Cl)c1C(=O)NC(=S)Nc1cccc(Oc2ccccc2)c1. The molecule has 0 fully saturated rings. The molecule has 0 aliphatic rings. The van der Waals surface area contributed by atoms with Crippen LogP contribution in [0.25, 0.3) is 11.3 Å². The van der Waals surface area contributed by atoms with Gasteiger partial charge in [0.1, 0.15) is 28.5 Å². The Bertz CT molecular complexity index is 1310. The first-order valence-electron chi connectivity index (χ1n) is 9.78. The fraction of sp³-hybridized carbons (Fsp3) is 0.0417. The van der Waals surface area contributed by atoms with Gasteiger partial charge in [0.2, 0.25) is 0 Å². The molecule has 0 bridgehead atoms. The number of aryl methyl sites for hydroxylation is 1. The van der Waals surface area contributed by atoms with E-state index in [1.165, 1.54) is 0 Å². The molecule has 0 spiro atoms. The third kappa shape index (κ3) is 5.34. The molecule has 33 heavy (non-hydrogen) atoms. The topological polar surface area (TPSA) is 76.4 Å². The maximum absolute atomic E-state index is 13.0. The van der Waals surface area contributed by atoms with E-state index in [1.54, 1.807) is 37.3 Å². The molecule has 0 radical (unpaired) electrons. The van der Waals surface area contributed by atoms with Crippen molar-refractivity contribution in [2.75, 3.05) is 5.32 Å². The summed E-state index contributed by atoms with van der Waals surface area (Å²) in [7, 11) is 0. The summed E-state index contributed by atoms with van der Waals surface area (Å²) in [6.45, 7) is 1.62. The molecule has 166 valence electrons. The smallest absolute Gasteiger partial charge is 0.263 e. The number of nitrogens with one attached hydrogen (secondary N) is 2. The lowest BCUT2D eigenvalue weighted by atomic mass is 10.1. The Morgan fingerprint density at radius 1 is 0.970 bits per heavy atom. The van der Waals surface area contributed by atoms with Crippen LogP contribution < -0.4 is 15.4 Å². The van der Waals surface area contributed by atoms with Crippen molar-refractivity contribution in [2.45, 2.75) is 6.92 Å². The molecule has 1 amide bonds. The Morgan fingerprint density at radius 3 is 2.36 bits per heavy atom. The van der Waals surface area contributed by atoms with Gasteiger partial charge in [-0.3, -0.25) is 10.1 Å². The van der Waals surface area contributed by atoms with Gasteiger partial charge in [0.25, 0.3) is 5.91 Å². The fourth-order valence-electron chi connectivity index (χ4n) is 3.12. The average molecular weight is 498 g/mol. The second kappa shape index (κ2) is 10.0. The fourth-order valence-corrected chi connectivity index (χ4v) is 3.91. The zero-order valence-electron chi connectivity index (χ0n) is 17.3. The highest BCUT2D eigenvalue weighted by Gasteiger charge is 2.25. The van der Waals surface area contributed by atoms with Gasteiger partial charge < -0.3 is 14.6 Å². The number of anilines is 1. The Balaban J connectivity index is 1.49. The van der Waals surface area contributed by atoms with E-state index in [0.29, 0.717) is 38.6 Å². The van der Waals surface area contributed by atoms with E-state index in [2.05, 4.69) is 15.8 Å². The zero-order valence-corrected chi connectivity index (χ0v) is 19.6. The van der Waals surface area contributed by atoms with E-state index in [4.69, 9.17) is 44.7 Å². The van der Waals surface area contributed by atoms with Gasteiger partial charge in [0.15, 0.2) is 5.11 Å². The molecule has 6 nitrogen and oxygen atoms in total. The van der Waals surface area contributed by atoms with Crippen LogP contribution in [0.2, 0.25) is 10.0 Å². The van der Waals surface area contributed by atoms with Gasteiger partial charge in [-0.15, -0.1) is 0 Å². The minimum absolute atomic E-state index is 0.0914. The molecule has 0 atom stereocenters. The molecular formula is C24H17Cl2N3O3S. The van der Waals surface area contributed by atoms with E-state index in [9.17, 15) is 4.79 Å². The van der Waals surface area contributed by atoms with Crippen LogP contribution in [0.15, 0.2) is 77.3 Å². The summed E-state index contributed by atoms with van der Waals surface area (Å²) in [6, 6.07) is 21.6. The standard InChI is InChI=1S/C24H17Cl2N3O3S/c1-14-20(22(29-32-14)21-18(25)11-6-12-19(21)26)23(30)28-24(33)27-15-7-5-10-17(13-15)31-16-8-3-2-4-9-16/h2-13H,1H3,(H2,27,28,30,33). The number of carbonyl (C=O) groups is 1. The van der Waals surface area contributed by atoms with Gasteiger partial charge in [0.05, 0.1) is 10.0 Å². The van der Waals surface area contributed by atoms with Crippen molar-refractivity contribution in [2.24, 2.45) is 0 Å². The molecule has 0 unspecified atom stereocenters. The minimum atomic E-state index is -0.506. The molecular weight excluding hydrogens is 481 g/mol. The highest BCUT2D eigenvalue weighted by atomic mass is 35.5. The van der Waals surface area contributed by atoms with Crippen molar-refractivity contribution >= 4 is 52.1 Å². The lowest BCUT2D eigenvalue weighted by Gasteiger charge is -2.12. The second-order valence-corrected chi connectivity index (χ2v) is 8.13. The molecule has 9 heteroatoms. The molecule has 2 N–H and O–H groups in total. The Hall–Kier alpha value is -3.39. The van der Waals surface area contributed by atoms with Crippen LogP contribution in [0.1, 0.15) is 16.1 Å². The summed E-state index contributed by atoms with van der Waals surface area (Å²) in [5.74, 6) is 1.12. The van der Waals surface area contributed by atoms with Crippen LogP contribution in [0.4, 0.5) is 5.69 Å². The Kier molecular flexibility index (Phi) is 6.93. The van der Waals surface area contributed by atoms with Crippen LogP contribution in [-0.4, -0.2) is 16.2 Å². The molecule has 1 heterocycles. The summed E-state index contributed by atoms with van der Waals surface area (Å²) in [5.41, 5.74) is 1.48. The molecule has 0 saturated carbocycles. The summed E-state index contributed by atoms with van der Waals surface area (Å²) < 4.78 is 11.1. The predicted molar refractivity (Wildman–Crippen MR) is 133 cm³/mol. The van der Waals surface area contributed by atoms with Gasteiger partial charge in [0, 0.05) is 17.3 Å². The number of ether oxygens (including phenoxy) is 1. The number of thiocarbonyl (C=S) groups is 1. The van der Waals surface area contributed by atoms with Crippen LogP contribution in [0, 0.1) is 6.92 Å². The monoisotopic (exact) mass is 497 g/mol. The lowest BCUT2D eigenvalue weighted by molar-refractivity contribution is 0.0977. The molecule has 1 aromatic heterocycles. The average Bonchev–Trinajstić information content (AvgIpc) is 3.15. The van der Waals surface area contributed by atoms with Crippen molar-refractivity contribution in [3.8, 4) is 22.8 Å². The van der Waals surface area contributed by atoms with Gasteiger partial charge in [-0.25, -0.2) is 0 Å². The van der Waals surface area contributed by atoms with Crippen molar-refractivity contribution in [3.05, 3.63) is 94.2 Å². The van der Waals surface area contributed by atoms with E-state index in [-0.39, 0.29) is 16.4 Å². The Labute approximate surface area is 205 Å². The summed E-state index contributed by atoms with van der Waals surface area (Å²) in [6.07, 6.45) is 0. The number of halogens is 2. The highest BCUT2D eigenvalue weighted by Crippen LogP contribution is 2.36. The molecule has 3 aromatic carbocycles. The lowest BCUT2D eigenvalue weighted by Crippen LogP contribution is -2.34. The van der Waals surface area contributed by atoms with Crippen LogP contribution in [0.3, 0.4) is 0 Å². The number of carbonyl (C=O) groups excluding carboxylic acids is 1. The number of rotatable bonds is 5. The molecule has 0 saturated heterocycles. The van der Waals surface area contributed by atoms with Crippen molar-refractivity contribution < 1.29 is 14.1 Å². The summed E-state index contributed by atoms with van der Waals surface area (Å²) in [5, 5.41) is 10.4. The van der Waals surface area contributed by atoms with Crippen molar-refractivity contribution in [1.82, 2.24) is 10.5 Å². The minimum Gasteiger partial charge on any atom is -0.457 e. The highest BCUT2D eigenvalue weighted by molar-refractivity contribution is 7.80. The van der Waals surface area contributed by atoms with Gasteiger partial charge in [-0.05, 0) is 55.5 Å². The van der Waals surface area contributed by atoms with Crippen LogP contribution in [0.5, 0.6) is 11.5 Å². The molecule has 0 aliphatic heterocycles. The normalized spacial score (nSPS) is 10.5. The number of nitrogens with zero attached hydrogens (tertiary/aromatic N) is 1.